The van der Waals surface area contributed by atoms with E-state index in [-0.39, 0.29) is 5.69 Å². The predicted octanol–water partition coefficient (Wildman–Crippen LogP) is 5.49. The highest BCUT2D eigenvalue weighted by atomic mass is 16.6. The van der Waals surface area contributed by atoms with Crippen LogP contribution in [0.25, 0.3) is 33.5 Å². The lowest BCUT2D eigenvalue weighted by molar-refractivity contribution is -0.383. The first kappa shape index (κ1) is 16.8. The molecule has 4 rings (SSSR count). The van der Waals surface area contributed by atoms with Crippen LogP contribution in [0.4, 0.5) is 5.69 Å². The number of nitro groups is 1. The molecule has 0 atom stereocenters. The first-order chi connectivity index (χ1) is 13.0. The second-order valence-corrected chi connectivity index (χ2v) is 6.55. The van der Waals surface area contributed by atoms with Crippen molar-refractivity contribution in [2.24, 2.45) is 0 Å². The van der Waals surface area contributed by atoms with Crippen molar-refractivity contribution in [3.05, 3.63) is 88.0 Å². The summed E-state index contributed by atoms with van der Waals surface area (Å²) in [7, 11) is 0. The molecule has 0 aliphatic carbocycles. The average Bonchev–Trinajstić information content (AvgIpc) is 2.67. The molecule has 0 spiro atoms. The Labute approximate surface area is 156 Å². The van der Waals surface area contributed by atoms with Gasteiger partial charge in [-0.1, -0.05) is 65.7 Å². The fourth-order valence-corrected chi connectivity index (χ4v) is 3.04. The van der Waals surface area contributed by atoms with Gasteiger partial charge in [0.25, 0.3) is 5.69 Å². The van der Waals surface area contributed by atoms with Gasteiger partial charge >= 0.3 is 0 Å². The van der Waals surface area contributed by atoms with Gasteiger partial charge in [-0.15, -0.1) is 0 Å². The number of hydrogen-bond acceptors (Lipinski definition) is 4. The van der Waals surface area contributed by atoms with Crippen molar-refractivity contribution in [1.82, 2.24) is 9.97 Å². The molecule has 4 aromatic rings. The van der Waals surface area contributed by atoms with Crippen LogP contribution in [0, 0.1) is 24.0 Å². The first-order valence-corrected chi connectivity index (χ1v) is 8.62. The number of fused-ring (bicyclic) bond motifs is 1. The van der Waals surface area contributed by atoms with Crippen molar-refractivity contribution in [2.75, 3.05) is 0 Å². The number of aryl methyl sites for hydroxylation is 2. The molecule has 0 unspecified atom stereocenters. The van der Waals surface area contributed by atoms with E-state index in [9.17, 15) is 10.1 Å². The summed E-state index contributed by atoms with van der Waals surface area (Å²) >= 11 is 0. The summed E-state index contributed by atoms with van der Waals surface area (Å²) in [4.78, 5) is 20.5. The molecule has 0 saturated carbocycles. The van der Waals surface area contributed by atoms with Gasteiger partial charge in [-0.25, -0.2) is 9.97 Å². The standard InChI is InChI=1S/C22H17N3O2/c1-14-6-10-16(11-7-14)20-21(17-12-8-15(2)9-13-17)24-22-18(23-20)4-3-5-19(22)25(26)27/h3-13H,1-2H3. The van der Waals surface area contributed by atoms with Crippen LogP contribution in [-0.4, -0.2) is 14.9 Å². The first-order valence-electron chi connectivity index (χ1n) is 8.62. The smallest absolute Gasteiger partial charge is 0.258 e. The Morgan fingerprint density at radius 1 is 0.741 bits per heavy atom. The van der Waals surface area contributed by atoms with E-state index in [0.717, 1.165) is 22.3 Å². The summed E-state index contributed by atoms with van der Waals surface area (Å²) in [6.07, 6.45) is 0. The molecule has 0 radical (unpaired) electrons. The van der Waals surface area contributed by atoms with Gasteiger partial charge in [0.2, 0.25) is 0 Å². The predicted molar refractivity (Wildman–Crippen MR) is 107 cm³/mol. The van der Waals surface area contributed by atoms with Gasteiger partial charge in [0.15, 0.2) is 5.52 Å². The summed E-state index contributed by atoms with van der Waals surface area (Å²) in [5, 5.41) is 11.4. The van der Waals surface area contributed by atoms with Crippen molar-refractivity contribution in [2.45, 2.75) is 13.8 Å². The summed E-state index contributed by atoms with van der Waals surface area (Å²) in [6.45, 7) is 4.04. The number of para-hydroxylation sites is 1. The van der Waals surface area contributed by atoms with Crippen molar-refractivity contribution >= 4 is 16.7 Å². The third-order valence-corrected chi connectivity index (χ3v) is 4.52. The topological polar surface area (TPSA) is 68.9 Å². The van der Waals surface area contributed by atoms with E-state index in [1.807, 2.05) is 62.4 Å². The van der Waals surface area contributed by atoms with Crippen LogP contribution in [-0.2, 0) is 0 Å². The van der Waals surface area contributed by atoms with Crippen molar-refractivity contribution in [1.29, 1.82) is 0 Å². The molecule has 0 amide bonds. The van der Waals surface area contributed by atoms with Crippen LogP contribution in [0.2, 0.25) is 0 Å². The maximum atomic E-state index is 11.4. The molecule has 1 aromatic heterocycles. The summed E-state index contributed by atoms with van der Waals surface area (Å²) in [5.41, 5.74) is 6.22. The minimum atomic E-state index is -0.415. The van der Waals surface area contributed by atoms with E-state index in [1.54, 1.807) is 12.1 Å². The molecule has 1 heterocycles. The van der Waals surface area contributed by atoms with Gasteiger partial charge in [-0.3, -0.25) is 10.1 Å². The number of rotatable bonds is 3. The van der Waals surface area contributed by atoms with Gasteiger partial charge in [-0.2, -0.15) is 0 Å². The highest BCUT2D eigenvalue weighted by Crippen LogP contribution is 2.33. The molecule has 132 valence electrons. The molecule has 0 aliphatic rings. The Bertz CT molecular complexity index is 1150. The van der Waals surface area contributed by atoms with Crippen LogP contribution < -0.4 is 0 Å². The third kappa shape index (κ3) is 3.15. The zero-order valence-corrected chi connectivity index (χ0v) is 15.0. The molecule has 0 fully saturated rings. The number of nitro benzene ring substituents is 1. The Kier molecular flexibility index (Phi) is 4.12. The van der Waals surface area contributed by atoms with Crippen LogP contribution in [0.1, 0.15) is 11.1 Å². The van der Waals surface area contributed by atoms with Crippen molar-refractivity contribution in [3.63, 3.8) is 0 Å². The van der Waals surface area contributed by atoms with Gasteiger partial charge in [0, 0.05) is 17.2 Å². The lowest BCUT2D eigenvalue weighted by atomic mass is 10.0. The van der Waals surface area contributed by atoms with E-state index in [4.69, 9.17) is 9.97 Å². The Morgan fingerprint density at radius 3 is 1.78 bits per heavy atom. The number of hydrogen-bond donors (Lipinski definition) is 0. The second-order valence-electron chi connectivity index (χ2n) is 6.55. The molecular formula is C22H17N3O2. The summed E-state index contributed by atoms with van der Waals surface area (Å²) in [5.74, 6) is 0. The Hall–Kier alpha value is -3.60. The van der Waals surface area contributed by atoms with E-state index >= 15 is 0 Å². The normalized spacial score (nSPS) is 10.9. The van der Waals surface area contributed by atoms with E-state index in [0.29, 0.717) is 22.4 Å². The molecule has 0 N–H and O–H groups in total. The van der Waals surface area contributed by atoms with Gasteiger partial charge < -0.3 is 0 Å². The fraction of sp³-hybridized carbons (Fsp3) is 0.0909. The van der Waals surface area contributed by atoms with Crippen LogP contribution >= 0.6 is 0 Å². The molecule has 5 heteroatoms. The van der Waals surface area contributed by atoms with Crippen LogP contribution in [0.5, 0.6) is 0 Å². The number of nitrogens with zero attached hydrogens (tertiary/aromatic N) is 3. The van der Waals surface area contributed by atoms with Gasteiger partial charge in [0.05, 0.1) is 21.8 Å². The SMILES string of the molecule is Cc1ccc(-c2nc3cccc([N+](=O)[O-])c3nc2-c2ccc(C)cc2)cc1. The van der Waals surface area contributed by atoms with E-state index < -0.39 is 4.92 Å². The molecule has 27 heavy (non-hydrogen) atoms. The fourth-order valence-electron chi connectivity index (χ4n) is 3.04. The lowest BCUT2D eigenvalue weighted by Gasteiger charge is -2.11. The Morgan fingerprint density at radius 2 is 1.26 bits per heavy atom. The number of benzene rings is 3. The second kappa shape index (κ2) is 6.61. The third-order valence-electron chi connectivity index (χ3n) is 4.52. The Balaban J connectivity index is 2.05. The zero-order valence-electron chi connectivity index (χ0n) is 15.0. The minimum Gasteiger partial charge on any atom is -0.258 e. The lowest BCUT2D eigenvalue weighted by Crippen LogP contribution is -1.98. The quantitative estimate of drug-likeness (QED) is 0.360. The maximum absolute atomic E-state index is 11.4. The summed E-state index contributed by atoms with van der Waals surface area (Å²) < 4.78 is 0. The minimum absolute atomic E-state index is 0.0381. The average molecular weight is 355 g/mol. The van der Waals surface area contributed by atoms with Crippen molar-refractivity contribution in [3.8, 4) is 22.5 Å². The molecule has 0 bridgehead atoms. The molecule has 5 nitrogen and oxygen atoms in total. The summed E-state index contributed by atoms with van der Waals surface area (Å²) in [6, 6.07) is 20.8. The monoisotopic (exact) mass is 355 g/mol. The molecule has 0 aliphatic heterocycles. The molecule has 0 saturated heterocycles. The van der Waals surface area contributed by atoms with Crippen molar-refractivity contribution < 1.29 is 4.92 Å². The van der Waals surface area contributed by atoms with Crippen LogP contribution in [0.15, 0.2) is 66.7 Å². The highest BCUT2D eigenvalue weighted by molar-refractivity contribution is 5.90. The van der Waals surface area contributed by atoms with E-state index in [2.05, 4.69) is 0 Å². The zero-order chi connectivity index (χ0) is 19.0. The highest BCUT2D eigenvalue weighted by Gasteiger charge is 2.19. The maximum Gasteiger partial charge on any atom is 0.297 e. The van der Waals surface area contributed by atoms with Crippen LogP contribution in [0.3, 0.4) is 0 Å². The van der Waals surface area contributed by atoms with Gasteiger partial charge in [-0.05, 0) is 19.9 Å². The molecular weight excluding hydrogens is 338 g/mol. The number of non-ortho nitro benzene ring substituents is 1. The molecule has 3 aromatic carbocycles. The van der Waals surface area contributed by atoms with E-state index in [1.165, 1.54) is 6.07 Å². The largest absolute Gasteiger partial charge is 0.297 e. The van der Waals surface area contributed by atoms with Gasteiger partial charge in [0.1, 0.15) is 0 Å². The number of aromatic nitrogens is 2.